The van der Waals surface area contributed by atoms with Gasteiger partial charge in [0, 0.05) is 24.5 Å². The lowest BCUT2D eigenvalue weighted by Gasteiger charge is -2.21. The van der Waals surface area contributed by atoms with Gasteiger partial charge in [-0.1, -0.05) is 48.0 Å². The third kappa shape index (κ3) is 4.99. The quantitative estimate of drug-likeness (QED) is 0.422. The molecule has 2 amide bonds. The number of amides is 2. The first-order valence-corrected chi connectivity index (χ1v) is 12.2. The Balaban J connectivity index is 1.70. The number of rotatable bonds is 8. The minimum absolute atomic E-state index is 0.234. The molecule has 1 heterocycles. The Hall–Kier alpha value is -3.86. The Morgan fingerprint density at radius 1 is 0.771 bits per heavy atom. The Morgan fingerprint density at radius 2 is 1.43 bits per heavy atom. The number of imide groups is 1. The molecule has 0 saturated carbocycles. The SMILES string of the molecule is CCN(CC)c1ccc(NC2=C(c3ccc(C)c(C)c3)C(=O)N(Cc3ccc(C)cc3)C2=O)cc1. The van der Waals surface area contributed by atoms with Gasteiger partial charge in [-0.05, 0) is 81.1 Å². The summed E-state index contributed by atoms with van der Waals surface area (Å²) in [4.78, 5) is 30.8. The van der Waals surface area contributed by atoms with Crippen LogP contribution in [0.25, 0.3) is 5.57 Å². The number of hydrogen-bond donors (Lipinski definition) is 1. The Morgan fingerprint density at radius 3 is 2.03 bits per heavy atom. The summed E-state index contributed by atoms with van der Waals surface area (Å²) in [7, 11) is 0. The lowest BCUT2D eigenvalue weighted by atomic mass is 9.99. The zero-order valence-electron chi connectivity index (χ0n) is 21.2. The first kappa shape index (κ1) is 24.3. The number of nitrogens with one attached hydrogen (secondary N) is 1. The van der Waals surface area contributed by atoms with E-state index in [-0.39, 0.29) is 18.4 Å². The maximum absolute atomic E-state index is 13.6. The molecule has 1 N–H and O–H groups in total. The third-order valence-corrected chi connectivity index (χ3v) is 6.69. The van der Waals surface area contributed by atoms with Crippen molar-refractivity contribution in [1.29, 1.82) is 0 Å². The van der Waals surface area contributed by atoms with Crippen LogP contribution in [0.3, 0.4) is 0 Å². The Labute approximate surface area is 208 Å². The summed E-state index contributed by atoms with van der Waals surface area (Å²) < 4.78 is 0. The van der Waals surface area contributed by atoms with Crippen molar-refractivity contribution in [3.05, 3.63) is 100 Å². The maximum Gasteiger partial charge on any atom is 0.278 e. The molecule has 0 saturated heterocycles. The number of aryl methyl sites for hydroxylation is 3. The van der Waals surface area contributed by atoms with E-state index in [1.54, 1.807) is 0 Å². The van der Waals surface area contributed by atoms with Gasteiger partial charge >= 0.3 is 0 Å². The first-order chi connectivity index (χ1) is 16.8. The minimum Gasteiger partial charge on any atom is -0.372 e. The number of carbonyl (C=O) groups excluding carboxylic acids is 2. The minimum atomic E-state index is -0.309. The zero-order valence-corrected chi connectivity index (χ0v) is 21.2. The van der Waals surface area contributed by atoms with Crippen molar-refractivity contribution in [3.8, 4) is 0 Å². The summed E-state index contributed by atoms with van der Waals surface area (Å²) in [5.41, 5.74) is 7.66. The van der Waals surface area contributed by atoms with Crippen LogP contribution in [0.5, 0.6) is 0 Å². The fourth-order valence-corrected chi connectivity index (χ4v) is 4.37. The van der Waals surface area contributed by atoms with Crippen molar-refractivity contribution < 1.29 is 9.59 Å². The number of anilines is 2. The maximum atomic E-state index is 13.6. The average molecular weight is 468 g/mol. The van der Waals surface area contributed by atoms with Gasteiger partial charge in [0.05, 0.1) is 12.1 Å². The molecule has 3 aromatic rings. The predicted octanol–water partition coefficient (Wildman–Crippen LogP) is 5.85. The van der Waals surface area contributed by atoms with Gasteiger partial charge in [0.1, 0.15) is 5.70 Å². The molecule has 0 bridgehead atoms. The number of hydrogen-bond acceptors (Lipinski definition) is 4. The number of benzene rings is 3. The second kappa shape index (κ2) is 10.2. The van der Waals surface area contributed by atoms with Crippen molar-refractivity contribution in [1.82, 2.24) is 4.90 Å². The summed E-state index contributed by atoms with van der Waals surface area (Å²) in [5, 5.41) is 3.28. The second-order valence-electron chi connectivity index (χ2n) is 9.08. The predicted molar refractivity (Wildman–Crippen MR) is 143 cm³/mol. The standard InChI is InChI=1S/C30H33N3O2/c1-6-32(7-2)26-16-14-25(15-17-26)31-28-27(24-13-10-21(4)22(5)18-24)29(34)33(30(28)35)19-23-11-8-20(3)9-12-23/h8-18,31H,6-7,19H2,1-5H3. The van der Waals surface area contributed by atoms with Gasteiger partial charge < -0.3 is 10.2 Å². The Bertz CT molecular complexity index is 1270. The van der Waals surface area contributed by atoms with Crippen molar-refractivity contribution in [2.45, 2.75) is 41.2 Å². The largest absolute Gasteiger partial charge is 0.372 e. The molecule has 4 rings (SSSR count). The van der Waals surface area contributed by atoms with Crippen molar-refractivity contribution in [2.24, 2.45) is 0 Å². The highest BCUT2D eigenvalue weighted by atomic mass is 16.2. The second-order valence-corrected chi connectivity index (χ2v) is 9.08. The molecule has 0 atom stereocenters. The fraction of sp³-hybridized carbons (Fsp3) is 0.267. The molecule has 1 aliphatic rings. The summed E-state index contributed by atoms with van der Waals surface area (Å²) in [6.07, 6.45) is 0. The van der Waals surface area contributed by atoms with E-state index in [9.17, 15) is 9.59 Å². The van der Waals surface area contributed by atoms with E-state index in [2.05, 4.69) is 24.1 Å². The van der Waals surface area contributed by atoms with E-state index in [4.69, 9.17) is 0 Å². The molecule has 3 aromatic carbocycles. The monoisotopic (exact) mass is 467 g/mol. The normalized spacial score (nSPS) is 13.6. The van der Waals surface area contributed by atoms with Gasteiger partial charge in [0.15, 0.2) is 0 Å². The van der Waals surface area contributed by atoms with E-state index in [0.717, 1.165) is 52.3 Å². The van der Waals surface area contributed by atoms with Crippen molar-refractivity contribution in [3.63, 3.8) is 0 Å². The average Bonchev–Trinajstić information content (AvgIpc) is 3.08. The highest BCUT2D eigenvalue weighted by molar-refractivity contribution is 6.36. The van der Waals surface area contributed by atoms with Crippen LogP contribution in [0.2, 0.25) is 0 Å². The number of carbonyl (C=O) groups is 2. The van der Waals surface area contributed by atoms with Gasteiger partial charge in [-0.15, -0.1) is 0 Å². The van der Waals surface area contributed by atoms with Crippen LogP contribution < -0.4 is 10.2 Å². The lowest BCUT2D eigenvalue weighted by Crippen LogP contribution is -2.32. The van der Waals surface area contributed by atoms with Gasteiger partial charge in [-0.25, -0.2) is 0 Å². The molecule has 0 radical (unpaired) electrons. The smallest absolute Gasteiger partial charge is 0.278 e. The van der Waals surface area contributed by atoms with E-state index in [0.29, 0.717) is 11.3 Å². The van der Waals surface area contributed by atoms with Crippen LogP contribution in [0.15, 0.2) is 72.4 Å². The van der Waals surface area contributed by atoms with Crippen LogP contribution >= 0.6 is 0 Å². The summed E-state index contributed by atoms with van der Waals surface area (Å²) in [5.74, 6) is -0.585. The molecule has 5 heteroatoms. The van der Waals surface area contributed by atoms with Crippen molar-refractivity contribution in [2.75, 3.05) is 23.3 Å². The highest BCUT2D eigenvalue weighted by Crippen LogP contribution is 2.33. The molecule has 0 unspecified atom stereocenters. The summed E-state index contributed by atoms with van der Waals surface area (Å²) in [6.45, 7) is 12.4. The van der Waals surface area contributed by atoms with E-state index in [1.165, 1.54) is 4.90 Å². The molecule has 35 heavy (non-hydrogen) atoms. The molecule has 180 valence electrons. The summed E-state index contributed by atoms with van der Waals surface area (Å²) in [6, 6.07) is 21.8. The summed E-state index contributed by atoms with van der Waals surface area (Å²) >= 11 is 0. The van der Waals surface area contributed by atoms with Crippen LogP contribution in [0.4, 0.5) is 11.4 Å². The van der Waals surface area contributed by atoms with Gasteiger partial charge in [0.2, 0.25) is 0 Å². The highest BCUT2D eigenvalue weighted by Gasteiger charge is 2.39. The van der Waals surface area contributed by atoms with E-state index < -0.39 is 0 Å². The Kier molecular flexibility index (Phi) is 7.06. The fourth-order valence-electron chi connectivity index (χ4n) is 4.37. The van der Waals surface area contributed by atoms with Crippen LogP contribution in [0.1, 0.15) is 41.7 Å². The molecule has 5 nitrogen and oxygen atoms in total. The van der Waals surface area contributed by atoms with E-state index >= 15 is 0 Å². The molecule has 0 fully saturated rings. The molecular formula is C30H33N3O2. The number of nitrogens with zero attached hydrogens (tertiary/aromatic N) is 2. The zero-order chi connectivity index (χ0) is 25.1. The third-order valence-electron chi connectivity index (χ3n) is 6.69. The van der Waals surface area contributed by atoms with E-state index in [1.807, 2.05) is 87.5 Å². The molecule has 0 aromatic heterocycles. The van der Waals surface area contributed by atoms with Crippen LogP contribution in [-0.2, 0) is 16.1 Å². The van der Waals surface area contributed by atoms with Gasteiger partial charge in [-0.3, -0.25) is 14.5 Å². The first-order valence-electron chi connectivity index (χ1n) is 12.2. The van der Waals surface area contributed by atoms with Crippen LogP contribution in [-0.4, -0.2) is 29.8 Å². The van der Waals surface area contributed by atoms with Gasteiger partial charge in [0.25, 0.3) is 11.8 Å². The lowest BCUT2D eigenvalue weighted by molar-refractivity contribution is -0.137. The molecule has 0 spiro atoms. The molecule has 0 aliphatic carbocycles. The topological polar surface area (TPSA) is 52.7 Å². The molecule has 1 aliphatic heterocycles. The van der Waals surface area contributed by atoms with Crippen LogP contribution in [0, 0.1) is 20.8 Å². The molecular weight excluding hydrogens is 434 g/mol. The van der Waals surface area contributed by atoms with Crippen molar-refractivity contribution >= 4 is 28.8 Å². The van der Waals surface area contributed by atoms with Gasteiger partial charge in [-0.2, -0.15) is 0 Å².